The van der Waals surface area contributed by atoms with E-state index >= 15 is 0 Å². The summed E-state index contributed by atoms with van der Waals surface area (Å²) in [6.07, 6.45) is 3.16. The van der Waals surface area contributed by atoms with Gasteiger partial charge in [0, 0.05) is 12.8 Å². The predicted octanol–water partition coefficient (Wildman–Crippen LogP) is 7.86. The minimum atomic E-state index is -0.239. The van der Waals surface area contributed by atoms with Crippen LogP contribution in [0.15, 0.2) is 24.3 Å². The maximum atomic E-state index is 12.4. The van der Waals surface area contributed by atoms with Crippen LogP contribution in [0.5, 0.6) is 0 Å². The molecule has 0 atom stereocenters. The van der Waals surface area contributed by atoms with Crippen molar-refractivity contribution in [2.24, 2.45) is 0 Å². The van der Waals surface area contributed by atoms with Crippen molar-refractivity contribution in [1.82, 2.24) is 19.9 Å². The van der Waals surface area contributed by atoms with Crippen molar-refractivity contribution in [2.75, 3.05) is 13.2 Å². The Bertz CT molecular complexity index is 1930. The van der Waals surface area contributed by atoms with Crippen molar-refractivity contribution < 1.29 is 38.5 Å². The fraction of sp³-hybridized carbons (Fsp3) is 0.421. The number of carbonyl (C=O) groups excluding carboxylic acids is 2. The first kappa shape index (κ1) is 36.0. The van der Waals surface area contributed by atoms with Gasteiger partial charge < -0.3 is 19.4 Å². The summed E-state index contributed by atoms with van der Waals surface area (Å²) in [7, 11) is 0. The standard InChI is InChI=1S/C38H44N4O4.Zn/c1-9-25-21(5)29-17-30-23(7)27(13-15-37(43)45-11-3)35(41-30)20-36-28(14-16-38(44)46-12-4)24(8)32(42-36)19-34-26(10-2)22(6)31(40-34)18-33(25)39-29;/h17-20H,9-16H2,1-8H3;/q-2;+2. The van der Waals surface area contributed by atoms with E-state index in [-0.39, 0.29) is 44.3 Å². The van der Waals surface area contributed by atoms with Crippen LogP contribution in [0.4, 0.5) is 0 Å². The third-order valence-corrected chi connectivity index (χ3v) is 9.12. The van der Waals surface area contributed by atoms with Gasteiger partial charge >= 0.3 is 31.4 Å². The zero-order valence-corrected chi connectivity index (χ0v) is 32.1. The smallest absolute Gasteiger partial charge is 0.657 e. The minimum absolute atomic E-state index is 0. The molecule has 2 aliphatic heterocycles. The molecule has 0 radical (unpaired) electrons. The summed E-state index contributed by atoms with van der Waals surface area (Å²) < 4.78 is 10.5. The van der Waals surface area contributed by atoms with E-state index in [0.29, 0.717) is 26.1 Å². The average molecular weight is 686 g/mol. The number of nitrogens with zero attached hydrogens (tertiary/aromatic N) is 4. The van der Waals surface area contributed by atoms with Crippen molar-refractivity contribution in [1.29, 1.82) is 0 Å². The zero-order valence-electron chi connectivity index (χ0n) is 29.1. The van der Waals surface area contributed by atoms with Crippen molar-refractivity contribution >= 4 is 56.3 Å². The maximum absolute atomic E-state index is 12.4. The van der Waals surface area contributed by atoms with Gasteiger partial charge in [0.05, 0.1) is 36.0 Å². The molecule has 47 heavy (non-hydrogen) atoms. The van der Waals surface area contributed by atoms with Gasteiger partial charge in [0.1, 0.15) is 0 Å². The summed E-state index contributed by atoms with van der Waals surface area (Å²) in [5, 5.41) is 0. The van der Waals surface area contributed by atoms with Gasteiger partial charge in [-0.15, -0.1) is 22.1 Å². The van der Waals surface area contributed by atoms with Crippen LogP contribution in [0.3, 0.4) is 0 Å². The molecule has 0 spiro atoms. The number of ether oxygens (including phenoxy) is 2. The van der Waals surface area contributed by atoms with Gasteiger partial charge in [-0.2, -0.15) is 0 Å². The van der Waals surface area contributed by atoms with Gasteiger partial charge in [-0.05, 0) is 95.6 Å². The maximum Gasteiger partial charge on any atom is 2.00 e. The summed E-state index contributed by atoms with van der Waals surface area (Å²) >= 11 is 0. The number of hydrogen-bond acceptors (Lipinski definition) is 6. The van der Waals surface area contributed by atoms with Crippen LogP contribution in [0, 0.1) is 13.8 Å². The number of allylic oxidation sites excluding steroid dienone is 4. The Morgan fingerprint density at radius 2 is 1.00 bits per heavy atom. The fourth-order valence-electron chi connectivity index (χ4n) is 6.51. The van der Waals surface area contributed by atoms with Crippen molar-refractivity contribution in [3.05, 3.63) is 69.3 Å². The molecule has 8 nitrogen and oxygen atoms in total. The fourth-order valence-corrected chi connectivity index (χ4v) is 6.51. The molecule has 8 bridgehead atoms. The topological polar surface area (TPSA) is 107 Å². The minimum Gasteiger partial charge on any atom is -0.657 e. The molecule has 3 aromatic heterocycles. The second-order valence-electron chi connectivity index (χ2n) is 11.8. The van der Waals surface area contributed by atoms with Crippen LogP contribution in [-0.4, -0.2) is 35.1 Å². The first-order valence-corrected chi connectivity index (χ1v) is 16.4. The van der Waals surface area contributed by atoms with Crippen molar-refractivity contribution in [3.63, 3.8) is 0 Å². The van der Waals surface area contributed by atoms with E-state index in [2.05, 4.69) is 52.8 Å². The Balaban J connectivity index is 0.00000500. The Labute approximate surface area is 290 Å². The summed E-state index contributed by atoms with van der Waals surface area (Å²) in [6, 6.07) is 8.23. The van der Waals surface area contributed by atoms with E-state index in [0.717, 1.165) is 91.1 Å². The molecule has 0 saturated carbocycles. The number of rotatable bonds is 10. The molecule has 9 heteroatoms. The SMILES string of the molecule is CCOC(=O)CCc1c(C)c2cc3nc(cc4nc(cc5[n-]c(cc1[n-]2)c(CCC(=O)OCC)c5C)C(CC)=C4C)C(CC)=C3C.[Zn+2]. The van der Waals surface area contributed by atoms with Gasteiger partial charge in [0.25, 0.3) is 0 Å². The van der Waals surface area contributed by atoms with E-state index < -0.39 is 0 Å². The molecule has 0 unspecified atom stereocenters. The molecule has 0 fully saturated rings. The number of fused-ring (bicyclic) bond motifs is 8. The summed E-state index contributed by atoms with van der Waals surface area (Å²) in [5.74, 6) is -0.478. The predicted molar refractivity (Wildman–Crippen MR) is 184 cm³/mol. The van der Waals surface area contributed by atoms with Crippen LogP contribution < -0.4 is 9.97 Å². The summed E-state index contributed by atoms with van der Waals surface area (Å²) in [6.45, 7) is 17.0. The second-order valence-corrected chi connectivity index (χ2v) is 11.8. The third kappa shape index (κ3) is 7.35. The first-order valence-electron chi connectivity index (χ1n) is 16.4. The first-order chi connectivity index (χ1) is 22.1. The monoisotopic (exact) mass is 684 g/mol. The van der Waals surface area contributed by atoms with E-state index in [9.17, 15) is 9.59 Å². The van der Waals surface area contributed by atoms with Crippen LogP contribution in [0.1, 0.15) is 112 Å². The molecule has 5 heterocycles. The normalized spacial score (nSPS) is 12.8. The Kier molecular flexibility index (Phi) is 11.8. The number of carbonyl (C=O) groups is 2. The molecule has 242 valence electrons. The van der Waals surface area contributed by atoms with Gasteiger partial charge in [-0.3, -0.25) is 9.59 Å². The summed E-state index contributed by atoms with van der Waals surface area (Å²) in [4.78, 5) is 45.3. The molecular weight excluding hydrogens is 642 g/mol. The quantitative estimate of drug-likeness (QED) is 0.157. The van der Waals surface area contributed by atoms with Gasteiger partial charge in [0.15, 0.2) is 0 Å². The van der Waals surface area contributed by atoms with Gasteiger partial charge in [-0.25, -0.2) is 9.97 Å². The molecule has 3 aromatic rings. The van der Waals surface area contributed by atoms with Crippen LogP contribution >= 0.6 is 0 Å². The van der Waals surface area contributed by atoms with Crippen molar-refractivity contribution in [2.45, 2.75) is 93.9 Å². The van der Waals surface area contributed by atoms with Crippen LogP contribution in [0.25, 0.3) is 44.4 Å². The van der Waals surface area contributed by atoms with E-state index in [1.54, 1.807) is 0 Å². The molecule has 0 aromatic carbocycles. The number of esters is 2. The Morgan fingerprint density at radius 1 is 0.596 bits per heavy atom. The van der Waals surface area contributed by atoms with Crippen LogP contribution in [0.2, 0.25) is 0 Å². The van der Waals surface area contributed by atoms with Crippen LogP contribution in [-0.2, 0) is 51.4 Å². The molecule has 0 N–H and O–H groups in total. The second kappa shape index (κ2) is 15.4. The molecule has 0 saturated heterocycles. The molecule has 0 aliphatic carbocycles. The van der Waals surface area contributed by atoms with E-state index in [4.69, 9.17) is 29.4 Å². The van der Waals surface area contributed by atoms with Gasteiger partial charge in [-0.1, -0.05) is 54.3 Å². The number of aryl methyl sites for hydroxylation is 4. The third-order valence-electron chi connectivity index (χ3n) is 9.12. The van der Waals surface area contributed by atoms with E-state index in [1.807, 2.05) is 26.8 Å². The molecular formula is C38H44N4O4Zn. The average Bonchev–Trinajstić information content (AvgIpc) is 3.68. The molecule has 2 aliphatic rings. The Hall–Kier alpha value is -3.84. The molecule has 0 amide bonds. The van der Waals surface area contributed by atoms with E-state index in [1.165, 1.54) is 11.1 Å². The zero-order chi connectivity index (χ0) is 33.1. The largest absolute Gasteiger partial charge is 2.00 e. The van der Waals surface area contributed by atoms with Crippen molar-refractivity contribution in [3.8, 4) is 0 Å². The van der Waals surface area contributed by atoms with Gasteiger partial charge in [0.2, 0.25) is 0 Å². The number of aromatic nitrogens is 4. The Morgan fingerprint density at radius 3 is 1.43 bits per heavy atom. The summed E-state index contributed by atoms with van der Waals surface area (Å²) in [5.41, 5.74) is 15.4. The number of hydrogen-bond donors (Lipinski definition) is 0. The molecule has 5 rings (SSSR count).